The van der Waals surface area contributed by atoms with Gasteiger partial charge in [0.25, 0.3) is 0 Å². The molecule has 1 heterocycles. The first-order valence-electron chi connectivity index (χ1n) is 8.87. The van der Waals surface area contributed by atoms with Crippen LogP contribution in [-0.4, -0.2) is 43.3 Å². The standard InChI is InChI=1S/C19H19ClFN3O4S2/c1-11-5-6-13(8-15(11)21)23-17(25)10-29-19-22-9-16(18(26)24-19)30(27,28)14-4-2-3-12(20)7-14/h2-8,16,19,22H,9-10H2,1H3,(H,23,25)(H,24,26). The van der Waals surface area contributed by atoms with Gasteiger partial charge in [0.1, 0.15) is 11.3 Å². The quantitative estimate of drug-likeness (QED) is 0.597. The van der Waals surface area contributed by atoms with Crippen LogP contribution in [0.4, 0.5) is 10.1 Å². The molecule has 0 radical (unpaired) electrons. The molecular weight excluding hydrogens is 453 g/mol. The van der Waals surface area contributed by atoms with Crippen LogP contribution >= 0.6 is 23.4 Å². The fourth-order valence-electron chi connectivity index (χ4n) is 2.77. The van der Waals surface area contributed by atoms with Crippen molar-refractivity contribution in [3.8, 4) is 0 Å². The lowest BCUT2D eigenvalue weighted by molar-refractivity contribution is -0.122. The zero-order valence-electron chi connectivity index (χ0n) is 15.8. The average Bonchev–Trinajstić information content (AvgIpc) is 2.69. The number of amides is 2. The molecule has 0 aliphatic carbocycles. The lowest BCUT2D eigenvalue weighted by Gasteiger charge is -2.29. The number of anilines is 1. The van der Waals surface area contributed by atoms with E-state index in [4.69, 9.17) is 11.6 Å². The molecule has 1 fully saturated rings. The summed E-state index contributed by atoms with van der Waals surface area (Å²) in [6.45, 7) is 1.51. The van der Waals surface area contributed by atoms with E-state index in [9.17, 15) is 22.4 Å². The fraction of sp³-hybridized carbons (Fsp3) is 0.263. The van der Waals surface area contributed by atoms with Crippen molar-refractivity contribution in [2.75, 3.05) is 17.6 Å². The van der Waals surface area contributed by atoms with Gasteiger partial charge in [-0.3, -0.25) is 14.9 Å². The molecule has 1 aliphatic rings. The lowest BCUT2D eigenvalue weighted by atomic mass is 10.2. The van der Waals surface area contributed by atoms with Crippen molar-refractivity contribution in [2.24, 2.45) is 0 Å². The second-order valence-electron chi connectivity index (χ2n) is 6.61. The Morgan fingerprint density at radius 1 is 1.30 bits per heavy atom. The molecule has 2 aromatic carbocycles. The van der Waals surface area contributed by atoms with Gasteiger partial charge in [-0.2, -0.15) is 0 Å². The first kappa shape index (κ1) is 22.5. The smallest absolute Gasteiger partial charge is 0.241 e. The Bertz CT molecular complexity index is 1080. The zero-order chi connectivity index (χ0) is 21.9. The molecule has 2 unspecified atom stereocenters. The number of carbonyl (C=O) groups excluding carboxylic acids is 2. The Balaban J connectivity index is 1.54. The summed E-state index contributed by atoms with van der Waals surface area (Å²) in [6, 6.07) is 10.1. The summed E-state index contributed by atoms with van der Waals surface area (Å²) in [5, 5.41) is 6.98. The Hall–Kier alpha value is -2.14. The number of benzene rings is 2. The van der Waals surface area contributed by atoms with Crippen molar-refractivity contribution in [3.05, 3.63) is 58.9 Å². The highest BCUT2D eigenvalue weighted by atomic mass is 35.5. The van der Waals surface area contributed by atoms with E-state index in [0.29, 0.717) is 11.3 Å². The van der Waals surface area contributed by atoms with E-state index in [-0.39, 0.29) is 28.1 Å². The third-order valence-corrected chi connectivity index (χ3v) is 7.71. The highest BCUT2D eigenvalue weighted by molar-refractivity contribution is 8.00. The molecular formula is C19H19ClFN3O4S2. The summed E-state index contributed by atoms with van der Waals surface area (Å²) in [6.07, 6.45) is 0. The van der Waals surface area contributed by atoms with Gasteiger partial charge < -0.3 is 10.6 Å². The van der Waals surface area contributed by atoms with Gasteiger partial charge >= 0.3 is 0 Å². The zero-order valence-corrected chi connectivity index (χ0v) is 18.2. The van der Waals surface area contributed by atoms with Crippen LogP contribution in [0.15, 0.2) is 47.4 Å². The third kappa shape index (κ3) is 5.31. The van der Waals surface area contributed by atoms with Crippen LogP contribution in [0.25, 0.3) is 0 Å². The van der Waals surface area contributed by atoms with Gasteiger partial charge in [0, 0.05) is 17.3 Å². The maximum atomic E-state index is 13.6. The van der Waals surface area contributed by atoms with Crippen molar-refractivity contribution in [1.82, 2.24) is 10.6 Å². The number of halogens is 2. The Morgan fingerprint density at radius 2 is 2.07 bits per heavy atom. The Morgan fingerprint density at radius 3 is 2.73 bits per heavy atom. The van der Waals surface area contributed by atoms with Crippen molar-refractivity contribution in [3.63, 3.8) is 0 Å². The summed E-state index contributed by atoms with van der Waals surface area (Å²) in [4.78, 5) is 24.4. The molecule has 160 valence electrons. The van der Waals surface area contributed by atoms with E-state index >= 15 is 0 Å². The van der Waals surface area contributed by atoms with Crippen LogP contribution in [0, 0.1) is 12.7 Å². The average molecular weight is 472 g/mol. The monoisotopic (exact) mass is 471 g/mol. The molecule has 0 saturated carbocycles. The number of hydrogen-bond donors (Lipinski definition) is 3. The van der Waals surface area contributed by atoms with Gasteiger partial charge in [-0.25, -0.2) is 12.8 Å². The van der Waals surface area contributed by atoms with E-state index < -0.39 is 32.3 Å². The predicted molar refractivity (Wildman–Crippen MR) is 115 cm³/mol. The summed E-state index contributed by atoms with van der Waals surface area (Å²) in [5.74, 6) is -1.49. The maximum Gasteiger partial charge on any atom is 0.241 e. The van der Waals surface area contributed by atoms with Crippen molar-refractivity contribution < 1.29 is 22.4 Å². The minimum atomic E-state index is -3.92. The van der Waals surface area contributed by atoms with Gasteiger partial charge in [-0.1, -0.05) is 23.7 Å². The molecule has 3 rings (SSSR count). The number of sulfone groups is 1. The minimum absolute atomic E-state index is 0.0286. The van der Waals surface area contributed by atoms with Crippen molar-refractivity contribution >= 4 is 50.7 Å². The van der Waals surface area contributed by atoms with E-state index in [2.05, 4.69) is 16.0 Å². The van der Waals surface area contributed by atoms with Crippen LogP contribution in [0.2, 0.25) is 5.02 Å². The molecule has 1 saturated heterocycles. The number of nitrogens with one attached hydrogen (secondary N) is 3. The molecule has 2 atom stereocenters. The molecule has 11 heteroatoms. The van der Waals surface area contributed by atoms with Crippen LogP contribution in [-0.2, 0) is 19.4 Å². The van der Waals surface area contributed by atoms with Crippen LogP contribution < -0.4 is 16.0 Å². The first-order chi connectivity index (χ1) is 14.2. The number of hydrogen-bond acceptors (Lipinski definition) is 6. The highest BCUT2D eigenvalue weighted by Crippen LogP contribution is 2.22. The highest BCUT2D eigenvalue weighted by Gasteiger charge is 2.38. The summed E-state index contributed by atoms with van der Waals surface area (Å²) >= 11 is 6.93. The molecule has 2 aromatic rings. The number of thioether (sulfide) groups is 1. The van der Waals surface area contributed by atoms with Gasteiger partial charge in [0.15, 0.2) is 15.1 Å². The van der Waals surface area contributed by atoms with E-state index in [1.807, 2.05) is 0 Å². The third-order valence-electron chi connectivity index (χ3n) is 4.39. The first-order valence-corrected chi connectivity index (χ1v) is 11.8. The summed E-state index contributed by atoms with van der Waals surface area (Å²) in [5.41, 5.74) is 0.166. The number of rotatable bonds is 6. The second-order valence-corrected chi connectivity index (χ2v) is 10.3. The number of aryl methyl sites for hydroxylation is 1. The predicted octanol–water partition coefficient (Wildman–Crippen LogP) is 2.30. The SMILES string of the molecule is Cc1ccc(NC(=O)CSC2NCC(S(=O)(=O)c3cccc(Cl)c3)C(=O)N2)cc1F. The molecule has 2 amide bonds. The van der Waals surface area contributed by atoms with E-state index in [1.165, 1.54) is 24.3 Å². The molecule has 7 nitrogen and oxygen atoms in total. The van der Waals surface area contributed by atoms with E-state index in [0.717, 1.165) is 11.8 Å². The Kier molecular flexibility index (Phi) is 7.02. The molecule has 0 bridgehead atoms. The molecule has 0 aromatic heterocycles. The minimum Gasteiger partial charge on any atom is -0.331 e. The molecule has 0 spiro atoms. The maximum absolute atomic E-state index is 13.6. The molecule has 30 heavy (non-hydrogen) atoms. The Labute approximate surface area is 182 Å². The van der Waals surface area contributed by atoms with Crippen LogP contribution in [0.1, 0.15) is 5.56 Å². The molecule has 3 N–H and O–H groups in total. The van der Waals surface area contributed by atoms with Gasteiger partial charge in [0.2, 0.25) is 11.8 Å². The second kappa shape index (κ2) is 9.34. The number of carbonyl (C=O) groups is 2. The largest absolute Gasteiger partial charge is 0.331 e. The van der Waals surface area contributed by atoms with Crippen molar-refractivity contribution in [2.45, 2.75) is 22.6 Å². The lowest BCUT2D eigenvalue weighted by Crippen LogP contribution is -2.59. The van der Waals surface area contributed by atoms with E-state index in [1.54, 1.807) is 25.1 Å². The molecule has 1 aliphatic heterocycles. The van der Waals surface area contributed by atoms with Crippen LogP contribution in [0.3, 0.4) is 0 Å². The normalized spacial score (nSPS) is 19.2. The summed E-state index contributed by atoms with van der Waals surface area (Å²) < 4.78 is 39.0. The van der Waals surface area contributed by atoms with Gasteiger partial charge in [-0.05, 0) is 42.8 Å². The fourth-order valence-corrected chi connectivity index (χ4v) is 5.38. The topological polar surface area (TPSA) is 104 Å². The van der Waals surface area contributed by atoms with Crippen LogP contribution in [0.5, 0.6) is 0 Å². The summed E-state index contributed by atoms with van der Waals surface area (Å²) in [7, 11) is -3.92. The van der Waals surface area contributed by atoms with Crippen molar-refractivity contribution in [1.29, 1.82) is 0 Å². The van der Waals surface area contributed by atoms with Gasteiger partial charge in [0.05, 0.1) is 10.6 Å². The van der Waals surface area contributed by atoms with Gasteiger partial charge in [-0.15, -0.1) is 11.8 Å².